The van der Waals surface area contributed by atoms with E-state index in [0.717, 1.165) is 29.7 Å². The molecule has 5 heteroatoms. The molecule has 1 aromatic carbocycles. The van der Waals surface area contributed by atoms with Gasteiger partial charge in [0.15, 0.2) is 0 Å². The molecular formula is C15H19ClFN3. The number of nitrogens with two attached hydrogens (primary N) is 1. The van der Waals surface area contributed by atoms with Crippen LogP contribution in [0.25, 0.3) is 0 Å². The number of aryl methyl sites for hydroxylation is 2. The Balaban J connectivity index is 2.13. The summed E-state index contributed by atoms with van der Waals surface area (Å²) in [6.07, 6.45) is 1.49. The van der Waals surface area contributed by atoms with Crippen LogP contribution in [0.1, 0.15) is 16.8 Å². The lowest BCUT2D eigenvalue weighted by molar-refractivity contribution is 0.529. The van der Waals surface area contributed by atoms with Gasteiger partial charge in [-0.15, -0.1) is 0 Å². The van der Waals surface area contributed by atoms with Crippen molar-refractivity contribution in [2.24, 2.45) is 18.7 Å². The van der Waals surface area contributed by atoms with Gasteiger partial charge in [0.2, 0.25) is 0 Å². The van der Waals surface area contributed by atoms with Crippen molar-refractivity contribution in [3.8, 4) is 0 Å². The van der Waals surface area contributed by atoms with Crippen LogP contribution in [0, 0.1) is 18.7 Å². The Morgan fingerprint density at radius 1 is 1.40 bits per heavy atom. The molecule has 2 N–H and O–H groups in total. The number of nitrogens with zero attached hydrogens (tertiary/aromatic N) is 2. The smallest absolute Gasteiger partial charge is 0.130 e. The van der Waals surface area contributed by atoms with E-state index in [-0.39, 0.29) is 11.7 Å². The van der Waals surface area contributed by atoms with Gasteiger partial charge in [-0.3, -0.25) is 4.68 Å². The zero-order valence-electron chi connectivity index (χ0n) is 11.7. The number of halogens is 2. The highest BCUT2D eigenvalue weighted by molar-refractivity contribution is 6.30. The number of hydrogen-bond donors (Lipinski definition) is 1. The molecule has 1 aromatic heterocycles. The molecule has 0 aliphatic rings. The summed E-state index contributed by atoms with van der Waals surface area (Å²) in [7, 11) is 1.82. The van der Waals surface area contributed by atoms with Crippen molar-refractivity contribution in [2.75, 3.05) is 6.54 Å². The minimum atomic E-state index is -0.214. The Morgan fingerprint density at radius 3 is 2.70 bits per heavy atom. The SMILES string of the molecule is Cc1nn(C)c(Cl)c1CC(CN)Cc1cccc(F)c1. The second kappa shape index (κ2) is 6.37. The van der Waals surface area contributed by atoms with E-state index in [0.29, 0.717) is 11.7 Å². The molecule has 1 unspecified atom stereocenters. The maximum atomic E-state index is 13.2. The van der Waals surface area contributed by atoms with Crippen molar-refractivity contribution in [1.29, 1.82) is 0 Å². The van der Waals surface area contributed by atoms with Gasteiger partial charge in [-0.2, -0.15) is 5.10 Å². The topological polar surface area (TPSA) is 43.8 Å². The van der Waals surface area contributed by atoms with Crippen LogP contribution in [0.2, 0.25) is 5.15 Å². The zero-order chi connectivity index (χ0) is 14.7. The van der Waals surface area contributed by atoms with E-state index < -0.39 is 0 Å². The van der Waals surface area contributed by atoms with Crippen molar-refractivity contribution in [1.82, 2.24) is 9.78 Å². The van der Waals surface area contributed by atoms with Gasteiger partial charge >= 0.3 is 0 Å². The highest BCUT2D eigenvalue weighted by Crippen LogP contribution is 2.23. The molecule has 0 spiro atoms. The first-order valence-electron chi connectivity index (χ1n) is 6.63. The van der Waals surface area contributed by atoms with Crippen LogP contribution in [0.5, 0.6) is 0 Å². The monoisotopic (exact) mass is 295 g/mol. The van der Waals surface area contributed by atoms with Crippen LogP contribution in [0.3, 0.4) is 0 Å². The molecular weight excluding hydrogens is 277 g/mol. The molecule has 0 amide bonds. The minimum Gasteiger partial charge on any atom is -0.330 e. The largest absolute Gasteiger partial charge is 0.330 e. The number of rotatable bonds is 5. The predicted molar refractivity (Wildman–Crippen MR) is 79.3 cm³/mol. The fraction of sp³-hybridized carbons (Fsp3) is 0.400. The van der Waals surface area contributed by atoms with Crippen LogP contribution in [-0.4, -0.2) is 16.3 Å². The summed E-state index contributed by atoms with van der Waals surface area (Å²) in [4.78, 5) is 0. The minimum absolute atomic E-state index is 0.214. The fourth-order valence-corrected chi connectivity index (χ4v) is 2.68. The first kappa shape index (κ1) is 15.0. The molecule has 0 saturated carbocycles. The quantitative estimate of drug-likeness (QED) is 0.922. The van der Waals surface area contributed by atoms with Gasteiger partial charge in [0.05, 0.1) is 5.69 Å². The van der Waals surface area contributed by atoms with Gasteiger partial charge < -0.3 is 5.73 Å². The van der Waals surface area contributed by atoms with Gasteiger partial charge in [0, 0.05) is 12.6 Å². The highest BCUT2D eigenvalue weighted by Gasteiger charge is 2.17. The summed E-state index contributed by atoms with van der Waals surface area (Å²) in [6, 6.07) is 6.65. The molecule has 20 heavy (non-hydrogen) atoms. The number of hydrogen-bond acceptors (Lipinski definition) is 2. The van der Waals surface area contributed by atoms with Crippen molar-refractivity contribution < 1.29 is 4.39 Å². The summed E-state index contributed by atoms with van der Waals surface area (Å²) in [6.45, 7) is 2.47. The molecule has 1 atom stereocenters. The lowest BCUT2D eigenvalue weighted by Gasteiger charge is -2.15. The summed E-state index contributed by atoms with van der Waals surface area (Å²) >= 11 is 6.24. The number of benzene rings is 1. The molecule has 0 aliphatic carbocycles. The Labute approximate surface area is 123 Å². The normalized spacial score (nSPS) is 12.7. The van der Waals surface area contributed by atoms with Crippen molar-refractivity contribution in [3.05, 3.63) is 52.1 Å². The van der Waals surface area contributed by atoms with E-state index in [9.17, 15) is 4.39 Å². The maximum Gasteiger partial charge on any atom is 0.130 e. The molecule has 0 fully saturated rings. The van der Waals surface area contributed by atoms with Crippen LogP contribution in [0.4, 0.5) is 4.39 Å². The third kappa shape index (κ3) is 3.38. The van der Waals surface area contributed by atoms with Crippen molar-refractivity contribution >= 4 is 11.6 Å². The van der Waals surface area contributed by atoms with E-state index >= 15 is 0 Å². The third-order valence-corrected chi connectivity index (χ3v) is 3.98. The van der Waals surface area contributed by atoms with E-state index in [4.69, 9.17) is 17.3 Å². The summed E-state index contributed by atoms with van der Waals surface area (Å²) in [5.41, 5.74) is 8.76. The standard InChI is InChI=1S/C15H19ClFN3/c1-10-14(15(16)20(2)19-10)8-12(9-18)6-11-4-3-5-13(17)7-11/h3-5,7,12H,6,8-9,18H2,1-2H3. The van der Waals surface area contributed by atoms with Crippen LogP contribution < -0.4 is 5.73 Å². The average molecular weight is 296 g/mol. The molecule has 3 nitrogen and oxygen atoms in total. The summed E-state index contributed by atoms with van der Waals surface area (Å²) < 4.78 is 14.9. The molecule has 0 bridgehead atoms. The second-order valence-electron chi connectivity index (χ2n) is 5.12. The van der Waals surface area contributed by atoms with Gasteiger partial charge in [0.25, 0.3) is 0 Å². The number of aromatic nitrogens is 2. The lowest BCUT2D eigenvalue weighted by Crippen LogP contribution is -2.19. The molecule has 0 radical (unpaired) electrons. The third-order valence-electron chi connectivity index (χ3n) is 3.51. The first-order valence-corrected chi connectivity index (χ1v) is 7.01. The van der Waals surface area contributed by atoms with E-state index in [2.05, 4.69) is 5.10 Å². The van der Waals surface area contributed by atoms with Gasteiger partial charge in [0.1, 0.15) is 11.0 Å². The van der Waals surface area contributed by atoms with Crippen molar-refractivity contribution in [3.63, 3.8) is 0 Å². The first-order chi connectivity index (χ1) is 9.51. The maximum absolute atomic E-state index is 13.2. The Bertz CT molecular complexity index is 595. The lowest BCUT2D eigenvalue weighted by atomic mass is 9.93. The van der Waals surface area contributed by atoms with Gasteiger partial charge in [-0.25, -0.2) is 4.39 Å². The molecule has 0 saturated heterocycles. The fourth-order valence-electron chi connectivity index (χ4n) is 2.43. The Kier molecular flexibility index (Phi) is 4.78. The average Bonchev–Trinajstić information content (AvgIpc) is 2.64. The zero-order valence-corrected chi connectivity index (χ0v) is 12.5. The summed E-state index contributed by atoms with van der Waals surface area (Å²) in [5.74, 6) is 0.00561. The molecule has 2 rings (SSSR count). The van der Waals surface area contributed by atoms with E-state index in [1.54, 1.807) is 16.8 Å². The molecule has 1 heterocycles. The van der Waals surface area contributed by atoms with Gasteiger partial charge in [-0.05, 0) is 49.9 Å². The van der Waals surface area contributed by atoms with Crippen LogP contribution in [-0.2, 0) is 19.9 Å². The Hall–Kier alpha value is -1.39. The highest BCUT2D eigenvalue weighted by atomic mass is 35.5. The summed E-state index contributed by atoms with van der Waals surface area (Å²) in [5, 5.41) is 4.96. The van der Waals surface area contributed by atoms with Crippen LogP contribution >= 0.6 is 11.6 Å². The van der Waals surface area contributed by atoms with Crippen molar-refractivity contribution in [2.45, 2.75) is 19.8 Å². The predicted octanol–water partition coefficient (Wildman–Crippen LogP) is 2.88. The molecule has 0 aliphatic heterocycles. The molecule has 2 aromatic rings. The second-order valence-corrected chi connectivity index (χ2v) is 5.48. The molecule has 108 valence electrons. The van der Waals surface area contributed by atoms with E-state index in [1.165, 1.54) is 6.07 Å². The Morgan fingerprint density at radius 2 is 2.15 bits per heavy atom. The van der Waals surface area contributed by atoms with Gasteiger partial charge in [-0.1, -0.05) is 23.7 Å². The van der Waals surface area contributed by atoms with E-state index in [1.807, 2.05) is 20.0 Å². The van der Waals surface area contributed by atoms with Crippen LogP contribution in [0.15, 0.2) is 24.3 Å².